The Kier molecular flexibility index (Phi) is 4.94. The molecule has 1 fully saturated rings. The topological polar surface area (TPSA) is 104 Å². The van der Waals surface area contributed by atoms with Crippen LogP contribution >= 0.6 is 0 Å². The molecule has 0 bridgehead atoms. The van der Waals surface area contributed by atoms with Gasteiger partial charge in [0.25, 0.3) is 11.8 Å². The fourth-order valence-corrected chi connectivity index (χ4v) is 3.56. The molecule has 1 saturated heterocycles. The molecule has 2 aliphatic rings. The highest BCUT2D eigenvalue weighted by atomic mass is 16.5. The average molecular weight is 407 g/mol. The van der Waals surface area contributed by atoms with Crippen molar-refractivity contribution < 1.29 is 19.1 Å². The summed E-state index contributed by atoms with van der Waals surface area (Å²) in [4.78, 5) is 39.4. The van der Waals surface area contributed by atoms with Gasteiger partial charge in [0.2, 0.25) is 5.91 Å². The van der Waals surface area contributed by atoms with E-state index < -0.39 is 23.9 Å². The summed E-state index contributed by atoms with van der Waals surface area (Å²) in [5.74, 6) is -0.648. The zero-order valence-electron chi connectivity index (χ0n) is 16.8. The molecule has 1 N–H and O–H groups in total. The Hall–Kier alpha value is -3.75. The first-order valence-corrected chi connectivity index (χ1v) is 9.46. The van der Waals surface area contributed by atoms with Crippen LogP contribution < -0.4 is 15.0 Å². The molecule has 2 aromatic carbocycles. The van der Waals surface area contributed by atoms with Crippen LogP contribution in [0.25, 0.3) is 0 Å². The Morgan fingerprint density at radius 1 is 1.10 bits per heavy atom. The van der Waals surface area contributed by atoms with E-state index in [1.165, 1.54) is 12.1 Å². The second-order valence-corrected chi connectivity index (χ2v) is 7.20. The van der Waals surface area contributed by atoms with Crippen LogP contribution in [0.1, 0.15) is 11.1 Å². The van der Waals surface area contributed by atoms with Gasteiger partial charge in [0.15, 0.2) is 12.1 Å². The van der Waals surface area contributed by atoms with E-state index in [4.69, 9.17) is 4.74 Å². The fraction of sp³-hybridized carbons (Fsp3) is 0.286. The van der Waals surface area contributed by atoms with Gasteiger partial charge in [-0.3, -0.25) is 19.4 Å². The highest BCUT2D eigenvalue weighted by Gasteiger charge is 2.55. The zero-order chi connectivity index (χ0) is 21.4. The van der Waals surface area contributed by atoms with Crippen molar-refractivity contribution in [3.8, 4) is 5.75 Å². The molecular formula is C21H21N5O4. The number of nitrogens with one attached hydrogen (secondary N) is 1. The number of methoxy groups -OCH3 is 1. The third-order valence-corrected chi connectivity index (χ3v) is 5.37. The lowest BCUT2D eigenvalue weighted by atomic mass is 10.1. The maximum absolute atomic E-state index is 13.0. The Bertz CT molecular complexity index is 1050. The maximum Gasteiger partial charge on any atom is 0.263 e. The smallest absolute Gasteiger partial charge is 0.263 e. The first-order chi connectivity index (χ1) is 14.4. The number of aryl methyl sites for hydroxylation is 1. The van der Waals surface area contributed by atoms with Gasteiger partial charge in [-0.1, -0.05) is 17.4 Å². The molecule has 0 aromatic heterocycles. The van der Waals surface area contributed by atoms with Crippen LogP contribution in [-0.2, 0) is 14.4 Å². The molecule has 0 aliphatic carbocycles. The van der Waals surface area contributed by atoms with E-state index in [2.05, 4.69) is 15.7 Å². The summed E-state index contributed by atoms with van der Waals surface area (Å²) >= 11 is 0. The standard InChI is InChI=1S/C21H21N5O4/c1-12-5-4-6-16(13(12)2)22-17(27)11-25-19-18(23-24-25)20(28)26(21(19)29)14-7-9-15(30-3)10-8-14/h4-10,18-19H,11H2,1-3H3,(H,22,27)/t18-,19+/m1/s1. The first kappa shape index (κ1) is 19.6. The van der Waals surface area contributed by atoms with Gasteiger partial charge in [0.1, 0.15) is 12.3 Å². The Morgan fingerprint density at radius 3 is 2.53 bits per heavy atom. The number of hydrogen-bond donors (Lipinski definition) is 1. The lowest BCUT2D eigenvalue weighted by molar-refractivity contribution is -0.123. The van der Waals surface area contributed by atoms with Gasteiger partial charge in [0.05, 0.1) is 12.8 Å². The van der Waals surface area contributed by atoms with Crippen molar-refractivity contribution in [1.29, 1.82) is 0 Å². The summed E-state index contributed by atoms with van der Waals surface area (Å²) in [5.41, 5.74) is 3.14. The summed E-state index contributed by atoms with van der Waals surface area (Å²) in [6.07, 6.45) is 0. The minimum Gasteiger partial charge on any atom is -0.497 e. The van der Waals surface area contributed by atoms with Gasteiger partial charge >= 0.3 is 0 Å². The number of benzene rings is 2. The van der Waals surface area contributed by atoms with Crippen LogP contribution in [0.15, 0.2) is 52.8 Å². The van der Waals surface area contributed by atoms with Gasteiger partial charge < -0.3 is 10.1 Å². The molecule has 0 unspecified atom stereocenters. The van der Waals surface area contributed by atoms with E-state index in [9.17, 15) is 14.4 Å². The van der Waals surface area contributed by atoms with E-state index in [0.29, 0.717) is 17.1 Å². The maximum atomic E-state index is 13.0. The Morgan fingerprint density at radius 2 is 1.83 bits per heavy atom. The molecule has 9 nitrogen and oxygen atoms in total. The predicted octanol–water partition coefficient (Wildman–Crippen LogP) is 2.24. The molecule has 2 atom stereocenters. The van der Waals surface area contributed by atoms with Crippen LogP contribution in [-0.4, -0.2) is 48.5 Å². The summed E-state index contributed by atoms with van der Waals surface area (Å²) in [6, 6.07) is 10.3. The zero-order valence-corrected chi connectivity index (χ0v) is 16.8. The normalized spacial score (nSPS) is 20.0. The van der Waals surface area contributed by atoms with Crippen molar-refractivity contribution in [2.24, 2.45) is 10.3 Å². The number of anilines is 2. The second kappa shape index (κ2) is 7.58. The molecule has 4 rings (SSSR count). The van der Waals surface area contributed by atoms with E-state index >= 15 is 0 Å². The third-order valence-electron chi connectivity index (χ3n) is 5.37. The molecule has 0 radical (unpaired) electrons. The molecule has 2 aliphatic heterocycles. The number of ether oxygens (including phenoxy) is 1. The molecular weight excluding hydrogens is 386 g/mol. The molecule has 9 heteroatoms. The molecule has 0 spiro atoms. The number of nitrogens with zero attached hydrogens (tertiary/aromatic N) is 4. The monoisotopic (exact) mass is 407 g/mol. The number of amides is 3. The summed E-state index contributed by atoms with van der Waals surface area (Å²) in [6.45, 7) is 3.69. The lowest BCUT2D eigenvalue weighted by Crippen LogP contribution is -2.43. The van der Waals surface area contributed by atoms with Crippen molar-refractivity contribution in [3.05, 3.63) is 53.6 Å². The quantitative estimate of drug-likeness (QED) is 0.766. The Labute approximate surface area is 173 Å². The van der Waals surface area contributed by atoms with Crippen molar-refractivity contribution in [3.63, 3.8) is 0 Å². The molecule has 30 heavy (non-hydrogen) atoms. The summed E-state index contributed by atoms with van der Waals surface area (Å²) < 4.78 is 5.11. The van der Waals surface area contributed by atoms with E-state index in [1.54, 1.807) is 24.3 Å². The molecule has 154 valence electrons. The van der Waals surface area contributed by atoms with Crippen LogP contribution in [0, 0.1) is 13.8 Å². The van der Waals surface area contributed by atoms with Gasteiger partial charge in [-0.25, -0.2) is 4.90 Å². The minimum atomic E-state index is -0.951. The largest absolute Gasteiger partial charge is 0.497 e. The van der Waals surface area contributed by atoms with Crippen molar-refractivity contribution in [1.82, 2.24) is 5.01 Å². The number of carbonyl (C=O) groups excluding carboxylic acids is 3. The highest BCUT2D eigenvalue weighted by Crippen LogP contribution is 2.32. The third kappa shape index (κ3) is 3.28. The minimum absolute atomic E-state index is 0.187. The van der Waals surface area contributed by atoms with E-state index in [-0.39, 0.29) is 12.5 Å². The van der Waals surface area contributed by atoms with Crippen molar-refractivity contribution in [2.45, 2.75) is 25.9 Å². The fourth-order valence-electron chi connectivity index (χ4n) is 3.56. The first-order valence-electron chi connectivity index (χ1n) is 9.46. The summed E-state index contributed by atoms with van der Waals surface area (Å²) in [7, 11) is 1.53. The number of hydrogen-bond acceptors (Lipinski definition) is 7. The predicted molar refractivity (Wildman–Crippen MR) is 109 cm³/mol. The van der Waals surface area contributed by atoms with Crippen molar-refractivity contribution >= 4 is 29.1 Å². The van der Waals surface area contributed by atoms with Crippen molar-refractivity contribution in [2.75, 3.05) is 23.9 Å². The number of imide groups is 1. The van der Waals surface area contributed by atoms with Gasteiger partial charge in [-0.05, 0) is 55.3 Å². The molecule has 2 heterocycles. The van der Waals surface area contributed by atoms with Gasteiger partial charge in [-0.15, -0.1) is 0 Å². The molecule has 3 amide bonds. The van der Waals surface area contributed by atoms with Gasteiger partial charge in [-0.2, -0.15) is 5.11 Å². The Balaban J connectivity index is 1.49. The molecule has 2 aromatic rings. The van der Waals surface area contributed by atoms with Gasteiger partial charge in [0, 0.05) is 5.69 Å². The van der Waals surface area contributed by atoms with Crippen LogP contribution in [0.5, 0.6) is 5.75 Å². The van der Waals surface area contributed by atoms with Crippen LogP contribution in [0.2, 0.25) is 0 Å². The SMILES string of the molecule is COc1ccc(N2C(=O)[C@@H]3[C@@H](N=NN3CC(=O)Nc3cccc(C)c3C)C2=O)cc1. The number of fused-ring (bicyclic) bond motifs is 1. The highest BCUT2D eigenvalue weighted by molar-refractivity contribution is 6.25. The van der Waals surface area contributed by atoms with E-state index in [0.717, 1.165) is 16.0 Å². The van der Waals surface area contributed by atoms with E-state index in [1.807, 2.05) is 32.0 Å². The summed E-state index contributed by atoms with van der Waals surface area (Å²) in [5, 5.41) is 12.0. The van der Waals surface area contributed by atoms with Crippen LogP contribution in [0.3, 0.4) is 0 Å². The number of carbonyl (C=O) groups is 3. The van der Waals surface area contributed by atoms with Crippen LogP contribution in [0.4, 0.5) is 11.4 Å². The average Bonchev–Trinajstić information content (AvgIpc) is 3.25. The second-order valence-electron chi connectivity index (χ2n) is 7.20. The lowest BCUT2D eigenvalue weighted by Gasteiger charge is -2.20. The molecule has 0 saturated carbocycles. The number of rotatable bonds is 5.